The topological polar surface area (TPSA) is 87.5 Å². The average molecular weight is 443 g/mol. The molecule has 0 radical (unpaired) electrons. The molecule has 1 N–H and O–H groups in total. The van der Waals surface area contributed by atoms with Gasteiger partial charge in [-0.1, -0.05) is 11.3 Å². The lowest BCUT2D eigenvalue weighted by atomic mass is 9.87. The fourth-order valence-electron chi connectivity index (χ4n) is 4.27. The van der Waals surface area contributed by atoms with Gasteiger partial charge < -0.3 is 19.5 Å². The maximum absolute atomic E-state index is 13.6. The Labute approximate surface area is 184 Å². The van der Waals surface area contributed by atoms with Crippen LogP contribution in [0.3, 0.4) is 0 Å². The molecule has 0 spiro atoms. The molecule has 0 amide bonds. The number of rotatable bonds is 6. The predicted molar refractivity (Wildman–Crippen MR) is 118 cm³/mol. The molecule has 2 aliphatic rings. The van der Waals surface area contributed by atoms with Gasteiger partial charge >= 0.3 is 0 Å². The molecule has 8 nitrogen and oxygen atoms in total. The second kappa shape index (κ2) is 7.89. The summed E-state index contributed by atoms with van der Waals surface area (Å²) in [6.07, 6.45) is 2.16. The first-order valence-electron chi connectivity index (χ1n) is 10.5. The molecule has 31 heavy (non-hydrogen) atoms. The first kappa shape index (κ1) is 20.4. The monoisotopic (exact) mass is 442 g/mol. The van der Waals surface area contributed by atoms with Gasteiger partial charge in [0.05, 0.1) is 45.4 Å². The first-order chi connectivity index (χ1) is 15.0. The summed E-state index contributed by atoms with van der Waals surface area (Å²) in [5, 5.41) is 4.41. The lowest BCUT2D eigenvalue weighted by Gasteiger charge is -2.38. The number of nitrogens with zero attached hydrogens (tertiary/aromatic N) is 3. The summed E-state index contributed by atoms with van der Waals surface area (Å²) in [5.74, 6) is 2.11. The van der Waals surface area contributed by atoms with Crippen LogP contribution in [0.5, 0.6) is 11.5 Å². The minimum atomic E-state index is -0.303. The van der Waals surface area contributed by atoms with Crippen LogP contribution in [-0.4, -0.2) is 48.5 Å². The number of hydrogen-bond donors (Lipinski definition) is 1. The molecule has 164 valence electrons. The third-order valence-electron chi connectivity index (χ3n) is 6.10. The van der Waals surface area contributed by atoms with E-state index in [2.05, 4.69) is 12.2 Å². The van der Waals surface area contributed by atoms with Crippen LogP contribution in [0.25, 0.3) is 10.3 Å². The third-order valence-corrected chi connectivity index (χ3v) is 7.16. The van der Waals surface area contributed by atoms with Crippen molar-refractivity contribution in [3.05, 3.63) is 44.9 Å². The maximum atomic E-state index is 13.6. The van der Waals surface area contributed by atoms with Gasteiger partial charge in [0.1, 0.15) is 22.3 Å². The van der Waals surface area contributed by atoms with Crippen LogP contribution >= 0.6 is 11.3 Å². The Hall–Kier alpha value is -2.49. The number of thiazole rings is 1. The second-order valence-electron chi connectivity index (χ2n) is 8.41. The summed E-state index contributed by atoms with van der Waals surface area (Å²) in [4.78, 5) is 24.0. The highest BCUT2D eigenvalue weighted by atomic mass is 32.1. The number of fused-ring (bicyclic) bond motifs is 1. The van der Waals surface area contributed by atoms with Gasteiger partial charge in [0.25, 0.3) is 5.56 Å². The van der Waals surface area contributed by atoms with Crippen LogP contribution in [-0.2, 0) is 16.7 Å². The van der Waals surface area contributed by atoms with Crippen LogP contribution in [0, 0.1) is 0 Å². The van der Waals surface area contributed by atoms with Gasteiger partial charge in [0.2, 0.25) is 0 Å². The van der Waals surface area contributed by atoms with Gasteiger partial charge in [0, 0.05) is 11.6 Å². The van der Waals surface area contributed by atoms with Crippen molar-refractivity contribution in [2.24, 2.45) is 0 Å². The Bertz CT molecular complexity index is 1180. The lowest BCUT2D eigenvalue weighted by Crippen LogP contribution is -2.48. The standard InChI is InChI=1S/C22H26N4O4S/c1-22(11-30-12-22)21-25-19-17(24-18(31-19)15-5-4-8-23-15)20(27)26(21)10-13-6-7-14(28-2)9-16(13)29-3/h6-7,9,15,23H,4-5,8,10-12H2,1-3H3/t15-/m1/s1. The van der Waals surface area contributed by atoms with Gasteiger partial charge in [-0.25, -0.2) is 9.97 Å². The number of aromatic nitrogens is 3. The highest BCUT2D eigenvalue weighted by Crippen LogP contribution is 2.34. The zero-order valence-corrected chi connectivity index (χ0v) is 18.8. The highest BCUT2D eigenvalue weighted by molar-refractivity contribution is 7.18. The summed E-state index contributed by atoms with van der Waals surface area (Å²) >= 11 is 1.52. The van der Waals surface area contributed by atoms with Gasteiger partial charge in [-0.05, 0) is 38.4 Å². The Morgan fingerprint density at radius 2 is 2.13 bits per heavy atom. The molecule has 1 aromatic carbocycles. The summed E-state index contributed by atoms with van der Waals surface area (Å²) in [6, 6.07) is 5.83. The predicted octanol–water partition coefficient (Wildman–Crippen LogP) is 2.63. The molecular weight excluding hydrogens is 416 g/mol. The maximum Gasteiger partial charge on any atom is 0.281 e. The van der Waals surface area contributed by atoms with Crippen molar-refractivity contribution in [1.29, 1.82) is 0 Å². The van der Waals surface area contributed by atoms with Gasteiger partial charge in [0.15, 0.2) is 10.3 Å². The fraction of sp³-hybridized carbons (Fsp3) is 0.500. The van der Waals surface area contributed by atoms with E-state index in [0.29, 0.717) is 41.6 Å². The molecule has 0 unspecified atom stereocenters. The molecule has 3 aromatic rings. The van der Waals surface area contributed by atoms with Crippen LogP contribution in [0.15, 0.2) is 23.0 Å². The van der Waals surface area contributed by atoms with E-state index in [1.165, 1.54) is 11.3 Å². The van der Waals surface area contributed by atoms with Crippen LogP contribution in [0.1, 0.15) is 42.2 Å². The second-order valence-corrected chi connectivity index (χ2v) is 9.42. The molecule has 0 saturated carbocycles. The highest BCUT2D eigenvalue weighted by Gasteiger charge is 2.40. The zero-order valence-electron chi connectivity index (χ0n) is 17.9. The average Bonchev–Trinajstić information content (AvgIpc) is 3.44. The summed E-state index contributed by atoms with van der Waals surface area (Å²) < 4.78 is 18.1. The van der Waals surface area contributed by atoms with E-state index in [-0.39, 0.29) is 17.0 Å². The van der Waals surface area contributed by atoms with E-state index in [4.69, 9.17) is 24.2 Å². The minimum Gasteiger partial charge on any atom is -0.497 e. The van der Waals surface area contributed by atoms with Crippen molar-refractivity contribution in [3.8, 4) is 11.5 Å². The number of nitrogens with one attached hydrogen (secondary N) is 1. The van der Waals surface area contributed by atoms with Crippen molar-refractivity contribution in [1.82, 2.24) is 19.9 Å². The SMILES string of the molecule is COc1ccc(Cn2c(C3(C)COC3)nc3sc([C@H]4CCCN4)nc3c2=O)c(OC)c1. The number of hydrogen-bond acceptors (Lipinski definition) is 8. The third kappa shape index (κ3) is 3.50. The number of methoxy groups -OCH3 is 2. The largest absolute Gasteiger partial charge is 0.497 e. The summed E-state index contributed by atoms with van der Waals surface area (Å²) in [6.45, 7) is 4.50. The molecule has 0 bridgehead atoms. The van der Waals surface area contributed by atoms with E-state index >= 15 is 0 Å². The zero-order chi connectivity index (χ0) is 21.6. The van der Waals surface area contributed by atoms with Crippen molar-refractivity contribution in [2.75, 3.05) is 34.0 Å². The summed E-state index contributed by atoms with van der Waals surface area (Å²) in [7, 11) is 3.23. The van der Waals surface area contributed by atoms with Crippen molar-refractivity contribution < 1.29 is 14.2 Å². The molecule has 9 heteroatoms. The number of ether oxygens (including phenoxy) is 3. The van der Waals surface area contributed by atoms with E-state index in [9.17, 15) is 4.79 Å². The van der Waals surface area contributed by atoms with E-state index in [1.54, 1.807) is 18.8 Å². The van der Waals surface area contributed by atoms with E-state index < -0.39 is 0 Å². The first-order valence-corrected chi connectivity index (χ1v) is 11.3. The lowest BCUT2D eigenvalue weighted by molar-refractivity contribution is -0.0562. The minimum absolute atomic E-state index is 0.119. The molecule has 5 rings (SSSR count). The molecule has 1 atom stereocenters. The molecule has 2 aromatic heterocycles. The Balaban J connectivity index is 1.64. The molecule has 0 aliphatic carbocycles. The molecule has 2 saturated heterocycles. The fourth-order valence-corrected chi connectivity index (χ4v) is 5.31. The Morgan fingerprint density at radius 1 is 1.29 bits per heavy atom. The van der Waals surface area contributed by atoms with Gasteiger partial charge in [-0.2, -0.15) is 0 Å². The van der Waals surface area contributed by atoms with E-state index in [1.807, 2.05) is 18.2 Å². The van der Waals surface area contributed by atoms with Crippen LogP contribution < -0.4 is 20.3 Å². The smallest absolute Gasteiger partial charge is 0.281 e. The van der Waals surface area contributed by atoms with E-state index in [0.717, 1.165) is 35.8 Å². The van der Waals surface area contributed by atoms with Crippen LogP contribution in [0.4, 0.5) is 0 Å². The normalized spacial score (nSPS) is 20.0. The van der Waals surface area contributed by atoms with Crippen molar-refractivity contribution >= 4 is 21.7 Å². The van der Waals surface area contributed by atoms with Crippen LogP contribution in [0.2, 0.25) is 0 Å². The molecule has 4 heterocycles. The number of benzene rings is 1. The Kier molecular flexibility index (Phi) is 5.19. The van der Waals surface area contributed by atoms with Gasteiger partial charge in [-0.15, -0.1) is 0 Å². The van der Waals surface area contributed by atoms with Gasteiger partial charge in [-0.3, -0.25) is 9.36 Å². The quantitative estimate of drug-likeness (QED) is 0.628. The molecular formula is C22H26N4O4S. The molecule has 2 aliphatic heterocycles. The Morgan fingerprint density at radius 3 is 2.77 bits per heavy atom. The molecule has 2 fully saturated rings. The van der Waals surface area contributed by atoms with Crippen molar-refractivity contribution in [2.45, 2.75) is 37.8 Å². The van der Waals surface area contributed by atoms with Crippen molar-refractivity contribution in [3.63, 3.8) is 0 Å². The summed E-state index contributed by atoms with van der Waals surface area (Å²) in [5.41, 5.74) is 0.896.